The molecule has 2 aliphatic rings. The summed E-state index contributed by atoms with van der Waals surface area (Å²) >= 11 is 0. The van der Waals surface area contributed by atoms with E-state index in [4.69, 9.17) is 9.15 Å². The van der Waals surface area contributed by atoms with Crippen LogP contribution in [0.5, 0.6) is 0 Å². The topological polar surface area (TPSA) is 91.7 Å². The van der Waals surface area contributed by atoms with Gasteiger partial charge in [0.25, 0.3) is 11.5 Å². The number of nitrogens with one attached hydrogen (secondary N) is 1. The molecule has 2 aromatic heterocycles. The maximum Gasteiger partial charge on any atom is 0.276 e. The van der Waals surface area contributed by atoms with Crippen LogP contribution in [-0.4, -0.2) is 58.5 Å². The molecule has 1 amide bonds. The first-order valence-electron chi connectivity index (χ1n) is 8.82. The van der Waals surface area contributed by atoms with Gasteiger partial charge in [-0.25, -0.2) is 4.98 Å². The summed E-state index contributed by atoms with van der Waals surface area (Å²) in [6.07, 6.45) is 4.96. The van der Waals surface area contributed by atoms with Crippen LogP contribution in [0.25, 0.3) is 0 Å². The maximum absolute atomic E-state index is 12.7. The van der Waals surface area contributed by atoms with Gasteiger partial charge in [-0.2, -0.15) is 0 Å². The molecule has 1 atom stereocenters. The number of aromatic nitrogens is 2. The third-order valence-corrected chi connectivity index (χ3v) is 5.14. The Hall–Kier alpha value is -2.45. The fourth-order valence-electron chi connectivity index (χ4n) is 3.63. The summed E-state index contributed by atoms with van der Waals surface area (Å²) < 4.78 is 10.9. The number of hydrogen-bond acceptors (Lipinski definition) is 6. The summed E-state index contributed by atoms with van der Waals surface area (Å²) in [5, 5.41) is 0. The van der Waals surface area contributed by atoms with Crippen molar-refractivity contribution in [2.75, 3.05) is 26.7 Å². The van der Waals surface area contributed by atoms with Crippen molar-refractivity contribution in [2.45, 2.75) is 32.0 Å². The van der Waals surface area contributed by atoms with Gasteiger partial charge < -0.3 is 19.0 Å². The Kier molecular flexibility index (Phi) is 4.60. The number of likely N-dealkylation sites (tertiary alicyclic amines) is 1. The minimum absolute atomic E-state index is 0.137. The number of fused-ring (bicyclic) bond motifs is 1. The molecule has 4 heterocycles. The van der Waals surface area contributed by atoms with Gasteiger partial charge in [0.1, 0.15) is 6.26 Å². The highest BCUT2D eigenvalue weighted by atomic mass is 16.5. The first-order valence-corrected chi connectivity index (χ1v) is 8.82. The van der Waals surface area contributed by atoms with Crippen LogP contribution < -0.4 is 5.56 Å². The summed E-state index contributed by atoms with van der Waals surface area (Å²) in [6, 6.07) is 1.90. The highest BCUT2D eigenvalue weighted by Crippen LogP contribution is 2.19. The molecule has 8 heteroatoms. The number of methoxy groups -OCH3 is 1. The second-order valence-electron chi connectivity index (χ2n) is 6.80. The Morgan fingerprint density at radius 3 is 3.15 bits per heavy atom. The van der Waals surface area contributed by atoms with Gasteiger partial charge in [0, 0.05) is 38.5 Å². The standard InChI is InChI=1S/C18H22N4O4/c1-25-13-4-6-21(8-13)10-16-20-15(11-26-16)18(24)22-7-3-12-2-5-19-17(23)14(12)9-22/h2,5,11,13H,3-4,6-10H2,1H3,(H,19,23)/t13-/m0/s1. The van der Waals surface area contributed by atoms with Crippen LogP contribution in [-0.2, 0) is 24.2 Å². The average molecular weight is 358 g/mol. The third-order valence-electron chi connectivity index (χ3n) is 5.14. The molecule has 0 bridgehead atoms. The minimum Gasteiger partial charge on any atom is -0.447 e. The van der Waals surface area contributed by atoms with Crippen molar-refractivity contribution in [3.05, 3.63) is 51.6 Å². The molecular formula is C18H22N4O4. The zero-order valence-corrected chi connectivity index (χ0v) is 14.7. The largest absolute Gasteiger partial charge is 0.447 e. The van der Waals surface area contributed by atoms with Gasteiger partial charge in [-0.15, -0.1) is 0 Å². The van der Waals surface area contributed by atoms with E-state index in [1.165, 1.54) is 6.26 Å². The number of nitrogens with zero attached hydrogens (tertiary/aromatic N) is 3. The number of oxazole rings is 1. The van der Waals surface area contributed by atoms with Crippen LogP contribution in [0.3, 0.4) is 0 Å². The first-order chi connectivity index (χ1) is 12.6. The zero-order valence-electron chi connectivity index (χ0n) is 14.7. The predicted octanol–water partition coefficient (Wildman–Crippen LogP) is 0.782. The molecule has 0 spiro atoms. The molecule has 1 N–H and O–H groups in total. The van der Waals surface area contributed by atoms with Crippen molar-refractivity contribution in [3.63, 3.8) is 0 Å². The van der Waals surface area contributed by atoms with E-state index in [2.05, 4.69) is 14.9 Å². The van der Waals surface area contributed by atoms with Crippen molar-refractivity contribution in [2.24, 2.45) is 0 Å². The van der Waals surface area contributed by atoms with Crippen LogP contribution in [0, 0.1) is 0 Å². The van der Waals surface area contributed by atoms with Gasteiger partial charge in [0.2, 0.25) is 5.89 Å². The SMILES string of the molecule is CO[C@H]1CCN(Cc2nc(C(=O)N3CCc4cc[nH]c(=O)c4C3)co2)C1. The fourth-order valence-corrected chi connectivity index (χ4v) is 3.63. The van der Waals surface area contributed by atoms with Crippen LogP contribution in [0.4, 0.5) is 0 Å². The number of carbonyl (C=O) groups excluding carboxylic acids is 1. The number of pyridine rings is 1. The number of amides is 1. The highest BCUT2D eigenvalue weighted by Gasteiger charge is 2.27. The quantitative estimate of drug-likeness (QED) is 0.869. The second-order valence-corrected chi connectivity index (χ2v) is 6.80. The summed E-state index contributed by atoms with van der Waals surface area (Å²) in [5.74, 6) is 0.324. The van der Waals surface area contributed by atoms with E-state index in [1.807, 2.05) is 6.07 Å². The molecule has 26 heavy (non-hydrogen) atoms. The van der Waals surface area contributed by atoms with Gasteiger partial charge in [-0.05, 0) is 24.5 Å². The zero-order chi connectivity index (χ0) is 18.1. The molecule has 8 nitrogen and oxygen atoms in total. The van der Waals surface area contributed by atoms with E-state index < -0.39 is 0 Å². The number of H-pyrrole nitrogens is 1. The summed E-state index contributed by atoms with van der Waals surface area (Å²) in [5.41, 5.74) is 1.81. The maximum atomic E-state index is 12.7. The summed E-state index contributed by atoms with van der Waals surface area (Å²) in [6.45, 7) is 3.20. The van der Waals surface area contributed by atoms with Crippen LogP contribution in [0.15, 0.2) is 27.7 Å². The molecule has 0 saturated carbocycles. The summed E-state index contributed by atoms with van der Waals surface area (Å²) in [7, 11) is 1.72. The molecule has 0 aliphatic carbocycles. The van der Waals surface area contributed by atoms with Gasteiger partial charge in [-0.3, -0.25) is 14.5 Å². The molecular weight excluding hydrogens is 336 g/mol. The smallest absolute Gasteiger partial charge is 0.276 e. The third kappa shape index (κ3) is 3.30. The monoisotopic (exact) mass is 358 g/mol. The van der Waals surface area contributed by atoms with Gasteiger partial charge in [-0.1, -0.05) is 0 Å². The number of aromatic amines is 1. The molecule has 0 unspecified atom stereocenters. The normalized spacial score (nSPS) is 20.3. The van der Waals surface area contributed by atoms with E-state index in [9.17, 15) is 9.59 Å². The molecule has 1 saturated heterocycles. The van der Waals surface area contributed by atoms with E-state index >= 15 is 0 Å². The Bertz CT molecular complexity index is 859. The fraction of sp³-hybridized carbons (Fsp3) is 0.500. The Balaban J connectivity index is 1.42. The molecule has 0 aromatic carbocycles. The Morgan fingerprint density at radius 1 is 1.46 bits per heavy atom. The van der Waals surface area contributed by atoms with Crippen molar-refractivity contribution in [3.8, 4) is 0 Å². The predicted molar refractivity (Wildman–Crippen MR) is 92.7 cm³/mol. The van der Waals surface area contributed by atoms with Crippen molar-refractivity contribution in [1.82, 2.24) is 19.8 Å². The van der Waals surface area contributed by atoms with Crippen LogP contribution in [0.2, 0.25) is 0 Å². The minimum atomic E-state index is -0.204. The lowest BCUT2D eigenvalue weighted by molar-refractivity contribution is 0.0727. The van der Waals surface area contributed by atoms with Gasteiger partial charge in [0.15, 0.2) is 5.69 Å². The summed E-state index contributed by atoms with van der Waals surface area (Å²) in [4.78, 5) is 35.6. The lowest BCUT2D eigenvalue weighted by atomic mass is 10.0. The number of ether oxygens (including phenoxy) is 1. The first kappa shape index (κ1) is 17.0. The van der Waals surface area contributed by atoms with Crippen molar-refractivity contribution >= 4 is 5.91 Å². The van der Waals surface area contributed by atoms with Crippen molar-refractivity contribution < 1.29 is 13.9 Å². The second kappa shape index (κ2) is 7.05. The number of rotatable bonds is 4. The van der Waals surface area contributed by atoms with E-state index in [1.54, 1.807) is 18.2 Å². The Morgan fingerprint density at radius 2 is 2.35 bits per heavy atom. The number of hydrogen-bond donors (Lipinski definition) is 1. The van der Waals surface area contributed by atoms with E-state index in [-0.39, 0.29) is 17.6 Å². The molecule has 0 radical (unpaired) electrons. The molecule has 4 rings (SSSR count). The van der Waals surface area contributed by atoms with E-state index in [0.717, 1.165) is 25.1 Å². The van der Waals surface area contributed by atoms with Crippen molar-refractivity contribution in [1.29, 1.82) is 0 Å². The number of carbonyl (C=O) groups is 1. The highest BCUT2D eigenvalue weighted by molar-refractivity contribution is 5.92. The Labute approximate surface area is 150 Å². The molecule has 2 aromatic rings. The van der Waals surface area contributed by atoms with Gasteiger partial charge >= 0.3 is 0 Å². The van der Waals surface area contributed by atoms with E-state index in [0.29, 0.717) is 43.2 Å². The molecule has 1 fully saturated rings. The van der Waals surface area contributed by atoms with Crippen LogP contribution >= 0.6 is 0 Å². The lowest BCUT2D eigenvalue weighted by Gasteiger charge is -2.27. The molecule has 2 aliphatic heterocycles. The average Bonchev–Trinajstić information content (AvgIpc) is 3.31. The molecule has 138 valence electrons. The van der Waals surface area contributed by atoms with Gasteiger partial charge in [0.05, 0.1) is 19.2 Å². The van der Waals surface area contributed by atoms with Crippen LogP contribution in [0.1, 0.15) is 33.9 Å². The lowest BCUT2D eigenvalue weighted by Crippen LogP contribution is -2.39.